The van der Waals surface area contributed by atoms with E-state index in [-0.39, 0.29) is 5.54 Å². The van der Waals surface area contributed by atoms with E-state index < -0.39 is 0 Å². The van der Waals surface area contributed by atoms with Crippen molar-refractivity contribution in [1.29, 1.82) is 0 Å². The lowest BCUT2D eigenvalue weighted by atomic mass is 9.70. The normalized spacial score (nSPS) is 36.4. The molecule has 1 saturated heterocycles. The van der Waals surface area contributed by atoms with Crippen LogP contribution in [0.15, 0.2) is 37.4 Å². The Morgan fingerprint density at radius 3 is 2.15 bits per heavy atom. The fourth-order valence-electron chi connectivity index (χ4n) is 9.02. The molecule has 3 nitrogen and oxygen atoms in total. The molecule has 3 aliphatic carbocycles. The van der Waals surface area contributed by atoms with Crippen molar-refractivity contribution in [3.63, 3.8) is 0 Å². The minimum atomic E-state index is 0.126. The molecule has 4 aliphatic rings. The molecular weight excluding hydrogens is 476 g/mol. The van der Waals surface area contributed by atoms with E-state index in [1.54, 1.807) is 0 Å². The molecule has 0 aromatic rings. The highest BCUT2D eigenvalue weighted by Crippen LogP contribution is 2.53. The van der Waals surface area contributed by atoms with E-state index in [1.165, 1.54) is 102 Å². The number of nitrogens with one attached hydrogen (secondary N) is 1. The van der Waals surface area contributed by atoms with E-state index in [0.717, 1.165) is 56.1 Å². The summed E-state index contributed by atoms with van der Waals surface area (Å²) in [5.41, 5.74) is 1.71. The third-order valence-electron chi connectivity index (χ3n) is 11.2. The predicted octanol–water partition coefficient (Wildman–Crippen LogP) is 9.76. The van der Waals surface area contributed by atoms with Gasteiger partial charge in [0.25, 0.3) is 0 Å². The van der Waals surface area contributed by atoms with E-state index in [0.29, 0.717) is 17.4 Å². The van der Waals surface area contributed by atoms with Gasteiger partial charge in [-0.3, -0.25) is 0 Å². The second kappa shape index (κ2) is 14.0. The van der Waals surface area contributed by atoms with Gasteiger partial charge in [0.15, 0.2) is 5.88 Å². The van der Waals surface area contributed by atoms with Crippen LogP contribution in [0.25, 0.3) is 0 Å². The average Bonchev–Trinajstić information content (AvgIpc) is 3.12. The molecule has 3 heteroatoms. The maximum atomic E-state index is 6.43. The molecule has 39 heavy (non-hydrogen) atoms. The molecule has 3 saturated carbocycles. The molecule has 2 bridgehead atoms. The minimum absolute atomic E-state index is 0.126. The topological polar surface area (TPSA) is 24.5 Å². The maximum absolute atomic E-state index is 6.43. The van der Waals surface area contributed by atoms with Gasteiger partial charge in [-0.15, -0.1) is 6.58 Å². The lowest BCUT2D eigenvalue weighted by Gasteiger charge is -2.43. The summed E-state index contributed by atoms with van der Waals surface area (Å²) in [5, 5.41) is 3.91. The SMILES string of the molecule is C=CCCC1CCC(COC(=C)N2CC3(C)CC(NC(=C)CCC4CCC(CCCC)CC4)CC2(C)C3)CC1. The van der Waals surface area contributed by atoms with Gasteiger partial charge in [0, 0.05) is 23.8 Å². The minimum Gasteiger partial charge on any atom is -0.479 e. The van der Waals surface area contributed by atoms with Crippen molar-refractivity contribution in [3.05, 3.63) is 37.4 Å². The van der Waals surface area contributed by atoms with Gasteiger partial charge in [-0.2, -0.15) is 0 Å². The Morgan fingerprint density at radius 1 is 0.897 bits per heavy atom. The van der Waals surface area contributed by atoms with Gasteiger partial charge in [0.2, 0.25) is 0 Å². The summed E-state index contributed by atoms with van der Waals surface area (Å²) in [4.78, 5) is 2.53. The van der Waals surface area contributed by atoms with Gasteiger partial charge in [-0.25, -0.2) is 0 Å². The summed E-state index contributed by atoms with van der Waals surface area (Å²) in [6.07, 6.45) is 26.0. The number of nitrogens with zero attached hydrogens (tertiary/aromatic N) is 1. The van der Waals surface area contributed by atoms with Crippen molar-refractivity contribution in [3.8, 4) is 0 Å². The molecule has 0 radical (unpaired) electrons. The second-order valence-corrected chi connectivity index (χ2v) is 14.9. The van der Waals surface area contributed by atoms with Gasteiger partial charge < -0.3 is 15.0 Å². The number of allylic oxidation sites excluding steroid dienone is 2. The first-order valence-corrected chi connectivity index (χ1v) is 16.9. The van der Waals surface area contributed by atoms with Crippen LogP contribution in [0.2, 0.25) is 0 Å². The van der Waals surface area contributed by atoms with E-state index in [4.69, 9.17) is 4.74 Å². The van der Waals surface area contributed by atoms with Crippen molar-refractivity contribution in [2.45, 2.75) is 148 Å². The van der Waals surface area contributed by atoms with Gasteiger partial charge in [-0.05, 0) is 100 Å². The first kappa shape index (κ1) is 30.6. The third-order valence-corrected chi connectivity index (χ3v) is 11.2. The average molecular weight is 539 g/mol. The third kappa shape index (κ3) is 8.56. The zero-order chi connectivity index (χ0) is 27.9. The zero-order valence-corrected chi connectivity index (χ0v) is 26.1. The van der Waals surface area contributed by atoms with Crippen LogP contribution in [-0.4, -0.2) is 29.6 Å². The van der Waals surface area contributed by atoms with Gasteiger partial charge in [-0.1, -0.05) is 84.3 Å². The number of rotatable bonds is 15. The number of fused-ring (bicyclic) bond motifs is 2. The lowest BCUT2D eigenvalue weighted by molar-refractivity contribution is 0.0378. The monoisotopic (exact) mass is 538 g/mol. The van der Waals surface area contributed by atoms with Crippen molar-refractivity contribution < 1.29 is 4.74 Å². The number of likely N-dealkylation sites (tertiary alicyclic amines) is 1. The summed E-state index contributed by atoms with van der Waals surface area (Å²) in [6, 6.07) is 0.509. The van der Waals surface area contributed by atoms with Gasteiger partial charge in [0.1, 0.15) is 0 Å². The molecule has 0 spiro atoms. The maximum Gasteiger partial charge on any atom is 0.182 e. The first-order valence-electron chi connectivity index (χ1n) is 16.9. The molecule has 1 aliphatic heterocycles. The highest BCUT2D eigenvalue weighted by atomic mass is 16.5. The smallest absolute Gasteiger partial charge is 0.182 e. The van der Waals surface area contributed by atoms with Crippen LogP contribution in [-0.2, 0) is 4.74 Å². The van der Waals surface area contributed by atoms with Crippen LogP contribution >= 0.6 is 0 Å². The Morgan fingerprint density at radius 2 is 1.51 bits per heavy atom. The fourth-order valence-corrected chi connectivity index (χ4v) is 9.02. The standard InChI is InChI=1S/C36H62N2O/c1-7-9-11-30-15-17-32(18-16-30)14-13-28(3)37-34-23-35(5)26-36(6,24-34)38(27-35)29(4)39-25-33-21-19-31(20-22-33)12-10-8-2/h8,30-34,37H,2-4,7,9-27H2,1,5-6H3. The number of hydrogen-bond donors (Lipinski definition) is 1. The molecule has 222 valence electrons. The van der Waals surface area contributed by atoms with Crippen molar-refractivity contribution in [1.82, 2.24) is 10.2 Å². The molecule has 1 N–H and O–H groups in total. The van der Waals surface area contributed by atoms with Gasteiger partial charge in [0.05, 0.1) is 6.61 Å². The molecule has 3 unspecified atom stereocenters. The largest absolute Gasteiger partial charge is 0.479 e. The first-order chi connectivity index (χ1) is 18.7. The molecule has 4 rings (SSSR count). The van der Waals surface area contributed by atoms with Crippen molar-refractivity contribution in [2.75, 3.05) is 13.2 Å². The van der Waals surface area contributed by atoms with Gasteiger partial charge >= 0.3 is 0 Å². The second-order valence-electron chi connectivity index (χ2n) is 14.9. The molecule has 0 aromatic carbocycles. The Hall–Kier alpha value is -1.38. The Bertz CT molecular complexity index is 805. The summed E-state index contributed by atoms with van der Waals surface area (Å²) in [5.74, 6) is 4.42. The van der Waals surface area contributed by atoms with Crippen LogP contribution in [0, 0.1) is 29.1 Å². The van der Waals surface area contributed by atoms with E-state index in [9.17, 15) is 0 Å². The van der Waals surface area contributed by atoms with Crippen LogP contribution in [0.4, 0.5) is 0 Å². The van der Waals surface area contributed by atoms with Crippen LogP contribution in [0.1, 0.15) is 136 Å². The molecule has 0 amide bonds. The highest BCUT2D eigenvalue weighted by molar-refractivity contribution is 5.14. The van der Waals surface area contributed by atoms with E-state index >= 15 is 0 Å². The quantitative estimate of drug-likeness (QED) is 0.166. The number of hydrogen-bond acceptors (Lipinski definition) is 3. The fraction of sp³-hybridized carbons (Fsp3) is 0.833. The highest BCUT2D eigenvalue weighted by Gasteiger charge is 2.54. The van der Waals surface area contributed by atoms with Crippen molar-refractivity contribution in [2.24, 2.45) is 29.1 Å². The van der Waals surface area contributed by atoms with Crippen LogP contribution in [0.5, 0.6) is 0 Å². The van der Waals surface area contributed by atoms with E-state index in [1.807, 2.05) is 0 Å². The predicted molar refractivity (Wildman–Crippen MR) is 167 cm³/mol. The zero-order valence-electron chi connectivity index (χ0n) is 26.1. The Balaban J connectivity index is 1.18. The summed E-state index contributed by atoms with van der Waals surface area (Å²) < 4.78 is 6.43. The summed E-state index contributed by atoms with van der Waals surface area (Å²) in [6.45, 7) is 22.0. The van der Waals surface area contributed by atoms with Crippen LogP contribution < -0.4 is 5.32 Å². The van der Waals surface area contributed by atoms with Crippen LogP contribution in [0.3, 0.4) is 0 Å². The Kier molecular flexibility index (Phi) is 11.0. The van der Waals surface area contributed by atoms with E-state index in [2.05, 4.69) is 56.8 Å². The summed E-state index contributed by atoms with van der Waals surface area (Å²) in [7, 11) is 0. The number of ether oxygens (including phenoxy) is 1. The lowest BCUT2D eigenvalue weighted by Crippen LogP contribution is -2.48. The Labute approximate surface area is 242 Å². The molecule has 3 atom stereocenters. The molecule has 4 fully saturated rings. The molecule has 0 aromatic heterocycles. The molecular formula is C36H62N2O. The molecule has 1 heterocycles. The number of unbranched alkanes of at least 4 members (excludes halogenated alkanes) is 1. The summed E-state index contributed by atoms with van der Waals surface area (Å²) >= 11 is 0. The van der Waals surface area contributed by atoms with Crippen molar-refractivity contribution >= 4 is 0 Å².